The quantitative estimate of drug-likeness (QED) is 0.817. The van der Waals surface area contributed by atoms with Crippen LogP contribution in [0.2, 0.25) is 5.02 Å². The van der Waals surface area contributed by atoms with Crippen molar-refractivity contribution >= 4 is 11.6 Å². The fraction of sp³-hybridized carbons (Fsp3) is 0. The molecule has 0 atom stereocenters. The van der Waals surface area contributed by atoms with Crippen LogP contribution in [-0.4, -0.2) is 4.98 Å². The lowest BCUT2D eigenvalue weighted by molar-refractivity contribution is 0.461. The van der Waals surface area contributed by atoms with Crippen LogP contribution < -0.4 is 4.74 Å². The number of ether oxygens (including phenoxy) is 1. The molecule has 0 N–H and O–H groups in total. The summed E-state index contributed by atoms with van der Waals surface area (Å²) in [5.74, 6) is 0.187. The lowest BCUT2D eigenvalue weighted by Crippen LogP contribution is -1.89. The van der Waals surface area contributed by atoms with Crippen LogP contribution in [-0.2, 0) is 0 Å². The van der Waals surface area contributed by atoms with E-state index in [1.807, 2.05) is 6.07 Å². The maximum atomic E-state index is 12.9. The molecule has 0 radical (unpaired) electrons. The number of nitrogens with zero attached hydrogens (tertiary/aromatic N) is 2. The van der Waals surface area contributed by atoms with Crippen LogP contribution in [0.3, 0.4) is 0 Å². The first-order valence-electron chi connectivity index (χ1n) is 4.68. The molecule has 0 spiro atoms. The number of benzene rings is 1. The standard InChI is InChI=1S/C12H6ClFN2O/c13-10-5-9(2-3-11(10)14)17-12-4-1-8(6-15)7-16-12/h1-5,7H. The van der Waals surface area contributed by atoms with E-state index >= 15 is 0 Å². The van der Waals surface area contributed by atoms with Crippen molar-refractivity contribution in [2.24, 2.45) is 0 Å². The zero-order valence-corrected chi connectivity index (χ0v) is 9.28. The summed E-state index contributed by atoms with van der Waals surface area (Å²) in [6.45, 7) is 0. The Morgan fingerprint density at radius 3 is 2.71 bits per heavy atom. The van der Waals surface area contributed by atoms with E-state index in [2.05, 4.69) is 4.98 Å². The van der Waals surface area contributed by atoms with Crippen molar-refractivity contribution in [2.75, 3.05) is 0 Å². The number of hydrogen-bond acceptors (Lipinski definition) is 3. The molecular weight excluding hydrogens is 243 g/mol. The van der Waals surface area contributed by atoms with Gasteiger partial charge in [0.1, 0.15) is 17.6 Å². The molecule has 0 saturated heterocycles. The topological polar surface area (TPSA) is 45.9 Å². The van der Waals surface area contributed by atoms with Gasteiger partial charge in [-0.2, -0.15) is 5.26 Å². The number of aromatic nitrogens is 1. The number of nitriles is 1. The van der Waals surface area contributed by atoms with Gasteiger partial charge in [-0.3, -0.25) is 0 Å². The summed E-state index contributed by atoms with van der Waals surface area (Å²) < 4.78 is 18.2. The van der Waals surface area contributed by atoms with Gasteiger partial charge in [-0.15, -0.1) is 0 Å². The van der Waals surface area contributed by atoms with Gasteiger partial charge in [-0.1, -0.05) is 11.6 Å². The Balaban J connectivity index is 2.20. The van der Waals surface area contributed by atoms with Crippen LogP contribution in [0.4, 0.5) is 4.39 Å². The zero-order valence-electron chi connectivity index (χ0n) is 8.52. The van der Waals surface area contributed by atoms with Crippen LogP contribution in [0.1, 0.15) is 5.56 Å². The molecule has 17 heavy (non-hydrogen) atoms. The molecule has 2 aromatic rings. The van der Waals surface area contributed by atoms with E-state index < -0.39 is 5.82 Å². The molecular formula is C12H6ClFN2O. The Morgan fingerprint density at radius 2 is 2.12 bits per heavy atom. The molecule has 2 rings (SSSR count). The van der Waals surface area contributed by atoms with Crippen LogP contribution in [0.15, 0.2) is 36.5 Å². The summed E-state index contributed by atoms with van der Waals surface area (Å²) in [5, 5.41) is 8.58. The molecule has 0 amide bonds. The van der Waals surface area contributed by atoms with Crippen molar-refractivity contribution in [1.82, 2.24) is 4.98 Å². The van der Waals surface area contributed by atoms with Crippen molar-refractivity contribution in [3.63, 3.8) is 0 Å². The Bertz CT molecular complexity index is 578. The van der Waals surface area contributed by atoms with Gasteiger partial charge in [0.05, 0.1) is 10.6 Å². The highest BCUT2D eigenvalue weighted by atomic mass is 35.5. The minimum atomic E-state index is -0.508. The van der Waals surface area contributed by atoms with Gasteiger partial charge >= 0.3 is 0 Å². The SMILES string of the molecule is N#Cc1ccc(Oc2ccc(F)c(Cl)c2)nc1. The molecule has 0 bridgehead atoms. The van der Waals surface area contributed by atoms with Gasteiger partial charge < -0.3 is 4.74 Å². The molecule has 5 heteroatoms. The maximum absolute atomic E-state index is 12.9. The highest BCUT2D eigenvalue weighted by Crippen LogP contribution is 2.24. The van der Waals surface area contributed by atoms with Crippen molar-refractivity contribution in [3.8, 4) is 17.7 Å². The smallest absolute Gasteiger partial charge is 0.219 e. The minimum Gasteiger partial charge on any atom is -0.439 e. The summed E-state index contributed by atoms with van der Waals surface area (Å²) in [6, 6.07) is 9.09. The third-order valence-corrected chi connectivity index (χ3v) is 2.27. The Labute approximate surface area is 102 Å². The first-order valence-corrected chi connectivity index (χ1v) is 5.06. The van der Waals surface area contributed by atoms with E-state index in [9.17, 15) is 4.39 Å². The largest absolute Gasteiger partial charge is 0.439 e. The molecule has 0 saturated carbocycles. The van der Waals surface area contributed by atoms with Gasteiger partial charge in [0.15, 0.2) is 0 Å². The van der Waals surface area contributed by atoms with E-state index in [0.29, 0.717) is 17.2 Å². The predicted molar refractivity (Wildman–Crippen MR) is 60.4 cm³/mol. The average molecular weight is 249 g/mol. The van der Waals surface area contributed by atoms with Crippen molar-refractivity contribution in [1.29, 1.82) is 5.26 Å². The summed E-state index contributed by atoms with van der Waals surface area (Å²) in [4.78, 5) is 3.92. The fourth-order valence-corrected chi connectivity index (χ4v) is 1.34. The monoisotopic (exact) mass is 248 g/mol. The second-order valence-electron chi connectivity index (χ2n) is 3.17. The first-order chi connectivity index (χ1) is 8.19. The third kappa shape index (κ3) is 2.71. The Kier molecular flexibility index (Phi) is 3.22. The average Bonchev–Trinajstić information content (AvgIpc) is 2.35. The van der Waals surface area contributed by atoms with Gasteiger partial charge in [0, 0.05) is 18.3 Å². The van der Waals surface area contributed by atoms with Crippen molar-refractivity contribution in [3.05, 3.63) is 52.9 Å². The minimum absolute atomic E-state index is 0.0175. The number of hydrogen-bond donors (Lipinski definition) is 0. The highest BCUT2D eigenvalue weighted by Gasteiger charge is 2.03. The number of pyridine rings is 1. The Hall–Kier alpha value is -2.12. The molecule has 0 aliphatic rings. The lowest BCUT2D eigenvalue weighted by Gasteiger charge is -2.04. The van der Waals surface area contributed by atoms with Crippen LogP contribution in [0.5, 0.6) is 11.6 Å². The molecule has 0 fully saturated rings. The van der Waals surface area contributed by atoms with Crippen LogP contribution >= 0.6 is 11.6 Å². The lowest BCUT2D eigenvalue weighted by atomic mass is 10.3. The maximum Gasteiger partial charge on any atom is 0.219 e. The second-order valence-corrected chi connectivity index (χ2v) is 3.58. The van der Waals surface area contributed by atoms with Gasteiger partial charge in [0.25, 0.3) is 0 Å². The van der Waals surface area contributed by atoms with Crippen LogP contribution in [0.25, 0.3) is 0 Å². The Morgan fingerprint density at radius 1 is 1.29 bits per heavy atom. The molecule has 0 unspecified atom stereocenters. The van der Waals surface area contributed by atoms with E-state index in [0.717, 1.165) is 0 Å². The number of rotatable bonds is 2. The van der Waals surface area contributed by atoms with Gasteiger partial charge in [-0.05, 0) is 18.2 Å². The predicted octanol–water partition coefficient (Wildman–Crippen LogP) is 3.54. The zero-order chi connectivity index (χ0) is 12.3. The molecule has 3 nitrogen and oxygen atoms in total. The molecule has 1 heterocycles. The highest BCUT2D eigenvalue weighted by molar-refractivity contribution is 6.30. The van der Waals surface area contributed by atoms with Gasteiger partial charge in [-0.25, -0.2) is 9.37 Å². The summed E-state index contributed by atoms with van der Waals surface area (Å²) in [6.07, 6.45) is 1.39. The third-order valence-electron chi connectivity index (χ3n) is 1.98. The van der Waals surface area contributed by atoms with Gasteiger partial charge in [0.2, 0.25) is 5.88 Å². The molecule has 0 aliphatic carbocycles. The fourth-order valence-electron chi connectivity index (χ4n) is 1.17. The molecule has 84 valence electrons. The second kappa shape index (κ2) is 4.81. The normalized spacial score (nSPS) is 9.71. The van der Waals surface area contributed by atoms with E-state index in [-0.39, 0.29) is 5.02 Å². The van der Waals surface area contributed by atoms with Crippen molar-refractivity contribution < 1.29 is 9.13 Å². The van der Waals surface area contributed by atoms with E-state index in [1.54, 1.807) is 12.1 Å². The summed E-state index contributed by atoms with van der Waals surface area (Å²) in [5.41, 5.74) is 0.439. The summed E-state index contributed by atoms with van der Waals surface area (Å²) in [7, 11) is 0. The molecule has 1 aromatic carbocycles. The van der Waals surface area contributed by atoms with E-state index in [4.69, 9.17) is 21.6 Å². The summed E-state index contributed by atoms with van der Waals surface area (Å²) >= 11 is 5.61. The molecule has 0 aliphatic heterocycles. The number of halogens is 2. The van der Waals surface area contributed by atoms with Crippen molar-refractivity contribution in [2.45, 2.75) is 0 Å². The molecule has 1 aromatic heterocycles. The van der Waals surface area contributed by atoms with E-state index in [1.165, 1.54) is 24.4 Å². The first kappa shape index (κ1) is 11.4. The van der Waals surface area contributed by atoms with Crippen LogP contribution in [0, 0.1) is 17.1 Å².